The van der Waals surface area contributed by atoms with E-state index in [0.29, 0.717) is 25.2 Å². The number of hydrogen-bond acceptors (Lipinski definition) is 8. The van der Waals surface area contributed by atoms with Gasteiger partial charge in [-0.3, -0.25) is 4.79 Å². The lowest BCUT2D eigenvalue weighted by molar-refractivity contribution is -0.141. The fourth-order valence-electron chi connectivity index (χ4n) is 3.34. The SMILES string of the molecule is COc1cc(C(=O)Oc2ccc(/C=C/C(=O)OCCCCCCOC(C)=O)cc2)ccc1OCCCC(F)(F)F. The smallest absolute Gasteiger partial charge is 0.389 e. The second-order valence-electron chi connectivity index (χ2n) is 8.65. The molecule has 0 heterocycles. The van der Waals surface area contributed by atoms with Crippen LogP contribution in [0.1, 0.15) is 61.4 Å². The Balaban J connectivity index is 1.77. The molecule has 0 fully saturated rings. The van der Waals surface area contributed by atoms with Gasteiger partial charge < -0.3 is 23.7 Å². The van der Waals surface area contributed by atoms with E-state index in [2.05, 4.69) is 0 Å². The van der Waals surface area contributed by atoms with Gasteiger partial charge in [-0.05, 0) is 74.1 Å². The van der Waals surface area contributed by atoms with Crippen molar-refractivity contribution in [2.75, 3.05) is 26.9 Å². The van der Waals surface area contributed by atoms with E-state index in [4.69, 9.17) is 23.7 Å². The van der Waals surface area contributed by atoms with Crippen LogP contribution in [0.25, 0.3) is 6.08 Å². The van der Waals surface area contributed by atoms with Crippen LogP contribution in [0.3, 0.4) is 0 Å². The first-order valence-electron chi connectivity index (χ1n) is 12.8. The standard InChI is InChI=1S/C29H33F3O8/c1-21(33)37-17-5-3-4-6-18-39-27(34)15-10-22-8-12-24(13-9-22)40-28(35)23-11-14-25(26(20-23)36-2)38-19-7-16-29(30,31)32/h8-15,20H,3-7,16-19H2,1-2H3/b15-10+. The number of esters is 3. The third kappa shape index (κ3) is 13.2. The second-order valence-corrected chi connectivity index (χ2v) is 8.65. The van der Waals surface area contributed by atoms with Crippen LogP contribution in [0.4, 0.5) is 13.2 Å². The minimum atomic E-state index is -4.25. The Kier molecular flexibility index (Phi) is 13.5. The predicted molar refractivity (Wildman–Crippen MR) is 140 cm³/mol. The van der Waals surface area contributed by atoms with Crippen LogP contribution in [-0.4, -0.2) is 51.0 Å². The molecule has 0 aromatic heterocycles. The molecular weight excluding hydrogens is 533 g/mol. The molecule has 40 heavy (non-hydrogen) atoms. The molecule has 0 bridgehead atoms. The number of halogens is 3. The van der Waals surface area contributed by atoms with Crippen LogP contribution >= 0.6 is 0 Å². The highest BCUT2D eigenvalue weighted by Crippen LogP contribution is 2.29. The summed E-state index contributed by atoms with van der Waals surface area (Å²) in [5.74, 6) is -0.765. The van der Waals surface area contributed by atoms with Crippen molar-refractivity contribution >= 4 is 24.0 Å². The number of ether oxygens (including phenoxy) is 5. The number of methoxy groups -OCH3 is 1. The quantitative estimate of drug-likeness (QED) is 0.101. The summed E-state index contributed by atoms with van der Waals surface area (Å²) in [4.78, 5) is 35.1. The van der Waals surface area contributed by atoms with Crippen molar-refractivity contribution in [3.63, 3.8) is 0 Å². The monoisotopic (exact) mass is 566 g/mol. The third-order valence-corrected chi connectivity index (χ3v) is 5.35. The number of carbonyl (C=O) groups is 3. The number of benzene rings is 2. The molecule has 0 aliphatic rings. The first-order chi connectivity index (χ1) is 19.1. The van der Waals surface area contributed by atoms with Crippen LogP contribution in [0.15, 0.2) is 48.5 Å². The zero-order valence-electron chi connectivity index (χ0n) is 22.5. The van der Waals surface area contributed by atoms with Gasteiger partial charge in [0.1, 0.15) is 5.75 Å². The average Bonchev–Trinajstić information content (AvgIpc) is 2.91. The molecule has 0 amide bonds. The Morgan fingerprint density at radius 3 is 2.12 bits per heavy atom. The Bertz CT molecular complexity index is 1130. The highest BCUT2D eigenvalue weighted by atomic mass is 19.4. The first kappa shape index (κ1) is 32.2. The van der Waals surface area contributed by atoms with Gasteiger partial charge in [0.2, 0.25) is 0 Å². The summed E-state index contributed by atoms with van der Waals surface area (Å²) >= 11 is 0. The molecule has 2 aromatic carbocycles. The Morgan fingerprint density at radius 2 is 1.50 bits per heavy atom. The molecule has 0 unspecified atom stereocenters. The van der Waals surface area contributed by atoms with Gasteiger partial charge in [-0.15, -0.1) is 0 Å². The summed E-state index contributed by atoms with van der Waals surface area (Å²) in [5, 5.41) is 0. The van der Waals surface area contributed by atoms with Gasteiger partial charge in [0.25, 0.3) is 0 Å². The summed E-state index contributed by atoms with van der Waals surface area (Å²) in [5.41, 5.74) is 0.853. The molecule has 2 aromatic rings. The highest BCUT2D eigenvalue weighted by molar-refractivity contribution is 5.92. The molecule has 8 nitrogen and oxygen atoms in total. The largest absolute Gasteiger partial charge is 0.493 e. The topological polar surface area (TPSA) is 97.4 Å². The van der Waals surface area contributed by atoms with Gasteiger partial charge in [0, 0.05) is 19.4 Å². The van der Waals surface area contributed by atoms with Gasteiger partial charge in [-0.1, -0.05) is 12.1 Å². The third-order valence-electron chi connectivity index (χ3n) is 5.35. The lowest BCUT2D eigenvalue weighted by Crippen LogP contribution is -2.11. The zero-order chi connectivity index (χ0) is 29.4. The van der Waals surface area contributed by atoms with Crippen LogP contribution in [0.5, 0.6) is 17.2 Å². The second kappa shape index (κ2) is 16.8. The van der Waals surface area contributed by atoms with Crippen molar-refractivity contribution in [2.24, 2.45) is 0 Å². The molecule has 2 rings (SSSR count). The lowest BCUT2D eigenvalue weighted by atomic mass is 10.2. The Labute approximate surface area is 231 Å². The van der Waals surface area contributed by atoms with Gasteiger partial charge in [0.05, 0.1) is 32.5 Å². The zero-order valence-corrected chi connectivity index (χ0v) is 22.5. The maximum atomic E-state index is 12.6. The number of hydrogen-bond donors (Lipinski definition) is 0. The first-order valence-corrected chi connectivity index (χ1v) is 12.8. The van der Waals surface area contributed by atoms with Crippen LogP contribution in [-0.2, 0) is 19.1 Å². The van der Waals surface area contributed by atoms with Gasteiger partial charge >= 0.3 is 24.1 Å². The lowest BCUT2D eigenvalue weighted by Gasteiger charge is -2.12. The van der Waals surface area contributed by atoms with E-state index in [1.165, 1.54) is 38.3 Å². The van der Waals surface area contributed by atoms with Crippen LogP contribution in [0.2, 0.25) is 0 Å². The van der Waals surface area contributed by atoms with E-state index in [9.17, 15) is 27.6 Å². The van der Waals surface area contributed by atoms with Crippen molar-refractivity contribution in [1.82, 2.24) is 0 Å². The molecule has 11 heteroatoms. The van der Waals surface area contributed by atoms with E-state index in [1.54, 1.807) is 30.3 Å². The summed E-state index contributed by atoms with van der Waals surface area (Å²) < 4.78 is 62.8. The number of rotatable bonds is 16. The maximum Gasteiger partial charge on any atom is 0.389 e. The molecule has 0 saturated heterocycles. The normalized spacial score (nSPS) is 11.2. The number of alkyl halides is 3. The molecule has 0 saturated carbocycles. The van der Waals surface area contributed by atoms with E-state index < -0.39 is 24.5 Å². The van der Waals surface area contributed by atoms with Gasteiger partial charge in [0.15, 0.2) is 11.5 Å². The molecular formula is C29H33F3O8. The highest BCUT2D eigenvalue weighted by Gasteiger charge is 2.26. The van der Waals surface area contributed by atoms with Crippen molar-refractivity contribution < 1.29 is 51.2 Å². The number of carbonyl (C=O) groups excluding carboxylic acids is 3. The molecule has 0 spiro atoms. The minimum absolute atomic E-state index is 0.154. The number of unbranched alkanes of at least 4 members (excludes halogenated alkanes) is 3. The van der Waals surface area contributed by atoms with Gasteiger partial charge in [-0.2, -0.15) is 13.2 Å². The van der Waals surface area contributed by atoms with Crippen molar-refractivity contribution in [3.8, 4) is 17.2 Å². The Hall–Kier alpha value is -4.02. The fourth-order valence-corrected chi connectivity index (χ4v) is 3.34. The fraction of sp³-hybridized carbons (Fsp3) is 0.414. The van der Waals surface area contributed by atoms with Crippen molar-refractivity contribution in [1.29, 1.82) is 0 Å². The molecule has 0 radical (unpaired) electrons. The van der Waals surface area contributed by atoms with E-state index in [0.717, 1.165) is 19.3 Å². The summed E-state index contributed by atoms with van der Waals surface area (Å²) in [6, 6.07) is 10.7. The molecule has 0 aliphatic heterocycles. The molecule has 0 aliphatic carbocycles. The summed E-state index contributed by atoms with van der Waals surface area (Å²) in [6.07, 6.45) is 0.677. The van der Waals surface area contributed by atoms with E-state index >= 15 is 0 Å². The van der Waals surface area contributed by atoms with Crippen LogP contribution in [0, 0.1) is 0 Å². The summed E-state index contributed by atoms with van der Waals surface area (Å²) in [6.45, 7) is 1.90. The van der Waals surface area contributed by atoms with Crippen molar-refractivity contribution in [2.45, 2.75) is 51.6 Å². The Morgan fingerprint density at radius 1 is 0.825 bits per heavy atom. The minimum Gasteiger partial charge on any atom is -0.493 e. The van der Waals surface area contributed by atoms with E-state index in [-0.39, 0.29) is 41.8 Å². The van der Waals surface area contributed by atoms with Crippen molar-refractivity contribution in [3.05, 3.63) is 59.7 Å². The summed E-state index contributed by atoms with van der Waals surface area (Å²) in [7, 11) is 1.35. The van der Waals surface area contributed by atoms with Gasteiger partial charge in [-0.25, -0.2) is 9.59 Å². The maximum absolute atomic E-state index is 12.6. The molecule has 0 N–H and O–H groups in total. The molecule has 0 atom stereocenters. The molecule has 218 valence electrons. The average molecular weight is 567 g/mol. The van der Waals surface area contributed by atoms with E-state index in [1.807, 2.05) is 0 Å². The van der Waals surface area contributed by atoms with Crippen LogP contribution < -0.4 is 14.2 Å². The predicted octanol–water partition coefficient (Wildman–Crippen LogP) is 6.32.